The van der Waals surface area contributed by atoms with E-state index in [2.05, 4.69) is 29.0 Å². The lowest BCUT2D eigenvalue weighted by molar-refractivity contribution is 0.102. The zero-order valence-corrected chi connectivity index (χ0v) is 17.1. The molecular formula is C20H27N3O3S. The van der Waals surface area contributed by atoms with Crippen molar-refractivity contribution in [2.75, 3.05) is 32.6 Å². The van der Waals surface area contributed by atoms with Gasteiger partial charge in [0.2, 0.25) is 0 Å². The first-order valence-corrected chi connectivity index (χ1v) is 10.1. The number of carbonyl (C=O) groups excluding carboxylic acids is 1. The van der Waals surface area contributed by atoms with Crippen molar-refractivity contribution in [1.82, 2.24) is 9.88 Å². The smallest absolute Gasteiger partial charge is 0.257 e. The molecule has 2 unspecified atom stereocenters. The van der Waals surface area contributed by atoms with Crippen molar-refractivity contribution in [2.24, 2.45) is 11.8 Å². The van der Waals surface area contributed by atoms with Crippen LogP contribution >= 0.6 is 11.3 Å². The average molecular weight is 390 g/mol. The van der Waals surface area contributed by atoms with Crippen LogP contribution in [0.1, 0.15) is 36.3 Å². The molecule has 1 aliphatic rings. The summed E-state index contributed by atoms with van der Waals surface area (Å²) in [6.07, 6.45) is 1.29. The van der Waals surface area contributed by atoms with Gasteiger partial charge in [0.25, 0.3) is 5.91 Å². The molecule has 2 atom stereocenters. The van der Waals surface area contributed by atoms with E-state index in [9.17, 15) is 4.79 Å². The van der Waals surface area contributed by atoms with Crippen molar-refractivity contribution >= 4 is 22.4 Å². The predicted molar refractivity (Wildman–Crippen MR) is 108 cm³/mol. The largest absolute Gasteiger partial charge is 0.497 e. The highest BCUT2D eigenvalue weighted by atomic mass is 32.1. The number of hydrogen-bond donors (Lipinski definition) is 1. The molecule has 1 N–H and O–H groups in total. The molecule has 2 heterocycles. The van der Waals surface area contributed by atoms with Crippen LogP contribution in [0.15, 0.2) is 23.6 Å². The number of carbonyl (C=O) groups is 1. The Morgan fingerprint density at radius 2 is 1.81 bits per heavy atom. The SMILES string of the molecule is COc1cc(OC)cc(C(=O)Nc2nc(CN3CC(C)CC(C)C3)cs2)c1. The van der Waals surface area contributed by atoms with E-state index in [1.54, 1.807) is 32.4 Å². The van der Waals surface area contributed by atoms with Crippen molar-refractivity contribution < 1.29 is 14.3 Å². The number of anilines is 1. The highest BCUT2D eigenvalue weighted by Gasteiger charge is 2.22. The van der Waals surface area contributed by atoms with E-state index in [4.69, 9.17) is 9.47 Å². The second-order valence-electron chi connectivity index (χ2n) is 7.34. The molecule has 27 heavy (non-hydrogen) atoms. The van der Waals surface area contributed by atoms with Crippen molar-refractivity contribution in [3.8, 4) is 11.5 Å². The van der Waals surface area contributed by atoms with Crippen LogP contribution in [-0.4, -0.2) is 43.1 Å². The summed E-state index contributed by atoms with van der Waals surface area (Å²) >= 11 is 1.45. The summed E-state index contributed by atoms with van der Waals surface area (Å²) in [5.74, 6) is 2.36. The van der Waals surface area contributed by atoms with Crippen molar-refractivity contribution in [3.63, 3.8) is 0 Å². The second kappa shape index (κ2) is 8.71. The minimum atomic E-state index is -0.228. The molecule has 1 aromatic heterocycles. The molecule has 146 valence electrons. The number of aromatic nitrogens is 1. The van der Waals surface area contributed by atoms with E-state index in [0.717, 1.165) is 37.2 Å². The summed E-state index contributed by atoms with van der Waals surface area (Å²) in [5, 5.41) is 5.50. The summed E-state index contributed by atoms with van der Waals surface area (Å²) in [6.45, 7) is 7.64. The van der Waals surface area contributed by atoms with Gasteiger partial charge in [-0.05, 0) is 30.4 Å². The number of hydrogen-bond acceptors (Lipinski definition) is 6. The molecule has 2 aromatic rings. The van der Waals surface area contributed by atoms with Crippen LogP contribution in [0, 0.1) is 11.8 Å². The molecule has 0 bridgehead atoms. The van der Waals surface area contributed by atoms with Crippen molar-refractivity contribution in [1.29, 1.82) is 0 Å². The average Bonchev–Trinajstić information content (AvgIpc) is 3.07. The maximum atomic E-state index is 12.6. The standard InChI is InChI=1S/C20H27N3O3S/c1-13-5-14(2)10-23(9-13)11-16-12-27-20(21-16)22-19(24)15-6-17(25-3)8-18(7-15)26-4/h6-8,12-14H,5,9-11H2,1-4H3,(H,21,22,24). The molecule has 0 aliphatic carbocycles. The molecule has 1 fully saturated rings. The number of nitrogens with zero attached hydrogens (tertiary/aromatic N) is 2. The van der Waals surface area contributed by atoms with Gasteiger partial charge in [-0.25, -0.2) is 4.98 Å². The number of amides is 1. The van der Waals surface area contributed by atoms with Crippen molar-refractivity contribution in [2.45, 2.75) is 26.8 Å². The third-order valence-corrected chi connectivity index (χ3v) is 5.52. The Balaban J connectivity index is 1.64. The fraction of sp³-hybridized carbons (Fsp3) is 0.500. The third-order valence-electron chi connectivity index (χ3n) is 4.72. The Morgan fingerprint density at radius 3 is 2.41 bits per heavy atom. The first-order valence-electron chi connectivity index (χ1n) is 9.18. The van der Waals surface area contributed by atoms with Crippen LogP contribution in [0.4, 0.5) is 5.13 Å². The summed E-state index contributed by atoms with van der Waals surface area (Å²) in [7, 11) is 3.12. The molecule has 1 amide bonds. The Bertz CT molecular complexity index is 760. The second-order valence-corrected chi connectivity index (χ2v) is 8.20. The number of rotatable bonds is 6. The van der Waals surface area contributed by atoms with Gasteiger partial charge in [-0.2, -0.15) is 0 Å². The van der Waals surface area contributed by atoms with E-state index in [-0.39, 0.29) is 5.91 Å². The normalized spacial score (nSPS) is 20.3. The third kappa shape index (κ3) is 5.20. The summed E-state index contributed by atoms with van der Waals surface area (Å²) < 4.78 is 10.5. The number of thiazole rings is 1. The number of likely N-dealkylation sites (tertiary alicyclic amines) is 1. The quantitative estimate of drug-likeness (QED) is 0.812. The molecule has 1 saturated heterocycles. The number of ether oxygens (including phenoxy) is 2. The lowest BCUT2D eigenvalue weighted by atomic mass is 9.92. The van der Waals surface area contributed by atoms with Gasteiger partial charge < -0.3 is 9.47 Å². The van der Waals surface area contributed by atoms with Crippen molar-refractivity contribution in [3.05, 3.63) is 34.8 Å². The van der Waals surface area contributed by atoms with Gasteiger partial charge in [-0.3, -0.25) is 15.0 Å². The lowest BCUT2D eigenvalue weighted by Gasteiger charge is -2.34. The van der Waals surface area contributed by atoms with E-state index in [0.29, 0.717) is 22.2 Å². The summed E-state index contributed by atoms with van der Waals surface area (Å²) in [4.78, 5) is 19.6. The Hall–Kier alpha value is -2.12. The molecular weight excluding hydrogens is 362 g/mol. The molecule has 0 radical (unpaired) electrons. The van der Waals surface area contributed by atoms with Crippen LogP contribution in [0.5, 0.6) is 11.5 Å². The van der Waals surface area contributed by atoms with E-state index in [1.807, 2.05) is 5.38 Å². The van der Waals surface area contributed by atoms with E-state index in [1.165, 1.54) is 17.8 Å². The van der Waals surface area contributed by atoms with E-state index < -0.39 is 0 Å². The highest BCUT2D eigenvalue weighted by molar-refractivity contribution is 7.13. The maximum absolute atomic E-state index is 12.6. The van der Waals surface area contributed by atoms with Gasteiger partial charge in [0.15, 0.2) is 5.13 Å². The van der Waals surface area contributed by atoms with Gasteiger partial charge in [-0.15, -0.1) is 11.3 Å². The van der Waals surface area contributed by atoms with Gasteiger partial charge in [0.05, 0.1) is 19.9 Å². The van der Waals surface area contributed by atoms with Crippen LogP contribution in [0.25, 0.3) is 0 Å². The van der Waals surface area contributed by atoms with Crippen LogP contribution in [-0.2, 0) is 6.54 Å². The van der Waals surface area contributed by atoms with Crippen LogP contribution in [0.3, 0.4) is 0 Å². The number of nitrogens with one attached hydrogen (secondary N) is 1. The van der Waals surface area contributed by atoms with Gasteiger partial charge in [0, 0.05) is 36.6 Å². The topological polar surface area (TPSA) is 63.7 Å². The zero-order chi connectivity index (χ0) is 19.4. The molecule has 1 aliphatic heterocycles. The summed E-state index contributed by atoms with van der Waals surface area (Å²) in [5.41, 5.74) is 1.47. The molecule has 6 nitrogen and oxygen atoms in total. The maximum Gasteiger partial charge on any atom is 0.257 e. The Kier molecular flexibility index (Phi) is 6.34. The van der Waals surface area contributed by atoms with Crippen LogP contribution < -0.4 is 14.8 Å². The monoisotopic (exact) mass is 389 g/mol. The number of piperidine rings is 1. The predicted octanol–water partition coefficient (Wildman–Crippen LogP) is 3.89. The first kappa shape index (κ1) is 19.6. The molecule has 0 spiro atoms. The van der Waals surface area contributed by atoms with E-state index >= 15 is 0 Å². The molecule has 3 rings (SSSR count). The number of methoxy groups -OCH3 is 2. The fourth-order valence-corrected chi connectivity index (χ4v) is 4.39. The lowest BCUT2D eigenvalue weighted by Crippen LogP contribution is -2.38. The van der Waals surface area contributed by atoms with Gasteiger partial charge in [-0.1, -0.05) is 13.8 Å². The van der Waals surface area contributed by atoms with Gasteiger partial charge >= 0.3 is 0 Å². The summed E-state index contributed by atoms with van der Waals surface area (Å²) in [6, 6.07) is 5.10. The minimum Gasteiger partial charge on any atom is -0.497 e. The molecule has 7 heteroatoms. The fourth-order valence-electron chi connectivity index (χ4n) is 3.70. The first-order chi connectivity index (χ1) is 13.0. The highest BCUT2D eigenvalue weighted by Crippen LogP contribution is 2.26. The van der Waals surface area contributed by atoms with Gasteiger partial charge in [0.1, 0.15) is 11.5 Å². The number of benzene rings is 1. The van der Waals surface area contributed by atoms with Crippen LogP contribution in [0.2, 0.25) is 0 Å². The molecule has 0 saturated carbocycles. The minimum absolute atomic E-state index is 0.228. The Morgan fingerprint density at radius 1 is 1.19 bits per heavy atom. The molecule has 1 aromatic carbocycles. The zero-order valence-electron chi connectivity index (χ0n) is 16.3. The Labute approximate surface area is 164 Å².